The molecule has 1 fully saturated rings. The highest BCUT2D eigenvalue weighted by atomic mass is 35.5. The summed E-state index contributed by atoms with van der Waals surface area (Å²) in [5, 5.41) is 22.9. The zero-order chi connectivity index (χ0) is 26.9. The molecule has 1 aliphatic rings. The van der Waals surface area contributed by atoms with Gasteiger partial charge in [-0.2, -0.15) is 0 Å². The zero-order valence-corrected chi connectivity index (χ0v) is 22.1. The van der Waals surface area contributed by atoms with E-state index in [9.17, 15) is 24.8 Å². The van der Waals surface area contributed by atoms with Gasteiger partial charge in [0.05, 0.1) is 16.5 Å². The molecular formula is C28H34ClN3O5. The Balaban J connectivity index is 1.95. The van der Waals surface area contributed by atoms with Gasteiger partial charge in [0.15, 0.2) is 0 Å². The first-order valence-corrected chi connectivity index (χ1v) is 13.2. The van der Waals surface area contributed by atoms with E-state index in [2.05, 4.69) is 18.7 Å². The molecule has 198 valence electrons. The molecule has 1 aliphatic heterocycles. The second-order valence-corrected chi connectivity index (χ2v) is 9.69. The Morgan fingerprint density at radius 3 is 2.24 bits per heavy atom. The number of carbonyl (C=O) groups is 2. The molecule has 9 heteroatoms. The number of amides is 1. The molecule has 8 nitrogen and oxygen atoms in total. The van der Waals surface area contributed by atoms with Gasteiger partial charge in [-0.1, -0.05) is 62.6 Å². The smallest absolute Gasteiger partial charge is 0.295 e. The Labute approximate surface area is 222 Å². The van der Waals surface area contributed by atoms with Gasteiger partial charge in [0.25, 0.3) is 17.4 Å². The van der Waals surface area contributed by atoms with Gasteiger partial charge in [-0.25, -0.2) is 0 Å². The number of benzene rings is 2. The minimum atomic E-state index is -0.823. The van der Waals surface area contributed by atoms with Gasteiger partial charge in [0, 0.05) is 29.3 Å². The monoisotopic (exact) mass is 527 g/mol. The molecule has 0 spiro atoms. The van der Waals surface area contributed by atoms with Gasteiger partial charge in [-0.05, 0) is 56.6 Å². The highest BCUT2D eigenvalue weighted by Crippen LogP contribution is 2.40. The van der Waals surface area contributed by atoms with E-state index in [1.807, 2.05) is 0 Å². The van der Waals surface area contributed by atoms with E-state index in [-0.39, 0.29) is 16.8 Å². The van der Waals surface area contributed by atoms with Crippen LogP contribution in [0.4, 0.5) is 5.69 Å². The molecule has 0 aromatic heterocycles. The Bertz CT molecular complexity index is 1140. The molecular weight excluding hydrogens is 494 g/mol. The number of nitro groups is 1. The van der Waals surface area contributed by atoms with Crippen molar-refractivity contribution in [1.29, 1.82) is 0 Å². The van der Waals surface area contributed by atoms with Crippen LogP contribution in [0.1, 0.15) is 63.1 Å². The third-order valence-corrected chi connectivity index (χ3v) is 6.84. The standard InChI is InChI=1S/C28H34ClN3O5/c1-3-5-15-30(16-6-4-2)17-8-18-31-25(20-11-13-22(29)14-12-20)24(27(34)28(31)35)26(33)21-9-7-10-23(19-21)32(36)37/h7,9-14,19,25,33H,3-6,8,15-18H2,1-2H3/t25-/m1/s1. The van der Waals surface area contributed by atoms with Crippen LogP contribution in [0.2, 0.25) is 5.02 Å². The zero-order valence-electron chi connectivity index (χ0n) is 21.4. The molecule has 0 saturated carbocycles. The topological polar surface area (TPSA) is 104 Å². The van der Waals surface area contributed by atoms with E-state index in [0.29, 0.717) is 23.6 Å². The molecule has 1 N–H and O–H groups in total. The molecule has 0 radical (unpaired) electrons. The normalized spacial score (nSPS) is 17.1. The largest absolute Gasteiger partial charge is 0.507 e. The number of aliphatic hydroxyl groups excluding tert-OH is 1. The Kier molecular flexibility index (Phi) is 10.2. The van der Waals surface area contributed by atoms with Crippen molar-refractivity contribution in [2.75, 3.05) is 26.2 Å². The summed E-state index contributed by atoms with van der Waals surface area (Å²) >= 11 is 6.08. The van der Waals surface area contributed by atoms with Crippen LogP contribution in [0.5, 0.6) is 0 Å². The van der Waals surface area contributed by atoms with Crippen molar-refractivity contribution >= 4 is 34.7 Å². The lowest BCUT2D eigenvalue weighted by Gasteiger charge is -2.27. The molecule has 37 heavy (non-hydrogen) atoms. The number of Topliss-reactive ketones (excluding diaryl/α,β-unsaturated/α-hetero) is 1. The lowest BCUT2D eigenvalue weighted by molar-refractivity contribution is -0.384. The molecule has 2 aromatic rings. The fourth-order valence-corrected chi connectivity index (χ4v) is 4.71. The summed E-state index contributed by atoms with van der Waals surface area (Å²) in [7, 11) is 0. The van der Waals surface area contributed by atoms with E-state index in [0.717, 1.165) is 45.3 Å². The van der Waals surface area contributed by atoms with Crippen molar-refractivity contribution in [3.63, 3.8) is 0 Å². The molecule has 0 bridgehead atoms. The minimum Gasteiger partial charge on any atom is -0.507 e. The number of likely N-dealkylation sites (tertiary alicyclic amines) is 1. The second-order valence-electron chi connectivity index (χ2n) is 9.25. The van der Waals surface area contributed by atoms with Crippen LogP contribution in [0, 0.1) is 10.1 Å². The first-order valence-electron chi connectivity index (χ1n) is 12.8. The van der Waals surface area contributed by atoms with Crippen LogP contribution in [-0.4, -0.2) is 57.7 Å². The third kappa shape index (κ3) is 6.96. The van der Waals surface area contributed by atoms with Crippen molar-refractivity contribution in [3.8, 4) is 0 Å². The van der Waals surface area contributed by atoms with Gasteiger partial charge in [-0.3, -0.25) is 19.7 Å². The van der Waals surface area contributed by atoms with Crippen LogP contribution < -0.4 is 0 Å². The number of nitrogens with zero attached hydrogens (tertiary/aromatic N) is 3. The average molecular weight is 528 g/mol. The van der Waals surface area contributed by atoms with Crippen molar-refractivity contribution in [1.82, 2.24) is 9.80 Å². The van der Waals surface area contributed by atoms with E-state index >= 15 is 0 Å². The van der Waals surface area contributed by atoms with E-state index in [1.165, 1.54) is 29.2 Å². The van der Waals surface area contributed by atoms with Crippen LogP contribution in [0.25, 0.3) is 5.76 Å². The van der Waals surface area contributed by atoms with Crippen LogP contribution >= 0.6 is 11.6 Å². The molecule has 0 aliphatic carbocycles. The van der Waals surface area contributed by atoms with Crippen LogP contribution in [-0.2, 0) is 9.59 Å². The van der Waals surface area contributed by atoms with Gasteiger partial charge in [0.2, 0.25) is 0 Å². The molecule has 1 atom stereocenters. The Hall–Kier alpha value is -3.23. The first kappa shape index (κ1) is 28.3. The van der Waals surface area contributed by atoms with Gasteiger partial charge in [-0.15, -0.1) is 0 Å². The molecule has 3 rings (SSSR count). The van der Waals surface area contributed by atoms with Crippen molar-refractivity contribution in [2.45, 2.75) is 52.0 Å². The van der Waals surface area contributed by atoms with Gasteiger partial charge >= 0.3 is 0 Å². The predicted molar refractivity (Wildman–Crippen MR) is 144 cm³/mol. The number of non-ortho nitro benzene ring substituents is 1. The summed E-state index contributed by atoms with van der Waals surface area (Å²) in [6.07, 6.45) is 5.07. The Morgan fingerprint density at radius 1 is 1.03 bits per heavy atom. The fraction of sp³-hybridized carbons (Fsp3) is 0.429. The highest BCUT2D eigenvalue weighted by Gasteiger charge is 2.45. The molecule has 2 aromatic carbocycles. The number of rotatable bonds is 13. The summed E-state index contributed by atoms with van der Waals surface area (Å²) in [6.45, 7) is 7.42. The van der Waals surface area contributed by atoms with E-state index in [4.69, 9.17) is 11.6 Å². The molecule has 1 saturated heterocycles. The number of halogens is 1. The van der Waals surface area contributed by atoms with Gasteiger partial charge < -0.3 is 14.9 Å². The number of hydrogen-bond acceptors (Lipinski definition) is 6. The third-order valence-electron chi connectivity index (χ3n) is 6.59. The lowest BCUT2D eigenvalue weighted by atomic mass is 9.95. The molecule has 1 heterocycles. The summed E-state index contributed by atoms with van der Waals surface area (Å²) in [5.41, 5.74) is 0.433. The van der Waals surface area contributed by atoms with Crippen molar-refractivity contribution in [2.24, 2.45) is 0 Å². The minimum absolute atomic E-state index is 0.0818. The second kappa shape index (κ2) is 13.4. The number of ketones is 1. The molecule has 1 amide bonds. The van der Waals surface area contributed by atoms with Crippen LogP contribution in [0.3, 0.4) is 0 Å². The fourth-order valence-electron chi connectivity index (χ4n) is 4.59. The van der Waals surface area contributed by atoms with E-state index < -0.39 is 28.4 Å². The van der Waals surface area contributed by atoms with E-state index in [1.54, 1.807) is 24.3 Å². The predicted octanol–water partition coefficient (Wildman–Crippen LogP) is 5.96. The number of aliphatic hydroxyl groups is 1. The molecule has 0 unspecified atom stereocenters. The summed E-state index contributed by atoms with van der Waals surface area (Å²) in [4.78, 5) is 40.9. The maximum Gasteiger partial charge on any atom is 0.295 e. The highest BCUT2D eigenvalue weighted by molar-refractivity contribution is 6.46. The van der Waals surface area contributed by atoms with Crippen molar-refractivity contribution in [3.05, 3.63) is 80.4 Å². The van der Waals surface area contributed by atoms with Crippen LogP contribution in [0.15, 0.2) is 54.1 Å². The van der Waals surface area contributed by atoms with Crippen molar-refractivity contribution < 1.29 is 19.6 Å². The number of nitro benzene ring substituents is 1. The van der Waals surface area contributed by atoms with Gasteiger partial charge in [0.1, 0.15) is 5.76 Å². The number of hydrogen-bond donors (Lipinski definition) is 1. The average Bonchev–Trinajstić information content (AvgIpc) is 3.15. The number of unbranched alkanes of at least 4 members (excludes halogenated alkanes) is 2. The summed E-state index contributed by atoms with van der Waals surface area (Å²) < 4.78 is 0. The lowest BCUT2D eigenvalue weighted by Crippen LogP contribution is -2.34. The Morgan fingerprint density at radius 2 is 1.65 bits per heavy atom. The quantitative estimate of drug-likeness (QED) is 0.113. The summed E-state index contributed by atoms with van der Waals surface area (Å²) in [5.74, 6) is -1.93. The maximum atomic E-state index is 13.2. The first-order chi connectivity index (χ1) is 17.8. The summed E-state index contributed by atoms with van der Waals surface area (Å²) in [6, 6.07) is 11.4. The SMILES string of the molecule is CCCCN(CCCC)CCCN1C(=O)C(=O)C(=C(O)c2cccc([N+](=O)[O-])c2)[C@H]1c1ccc(Cl)cc1. The maximum absolute atomic E-state index is 13.2. The number of carbonyl (C=O) groups excluding carboxylic acids is 2.